The van der Waals surface area contributed by atoms with Gasteiger partial charge in [0, 0.05) is 25.8 Å². The maximum Gasteiger partial charge on any atom is 0.144 e. The van der Waals surface area contributed by atoms with Gasteiger partial charge in [-0.25, -0.2) is 4.98 Å². The van der Waals surface area contributed by atoms with Crippen molar-refractivity contribution in [2.24, 2.45) is 0 Å². The Morgan fingerprint density at radius 2 is 2.15 bits per heavy atom. The van der Waals surface area contributed by atoms with E-state index in [1.165, 1.54) is 0 Å². The molecule has 0 fully saturated rings. The molecule has 72 valence electrons. The largest absolute Gasteiger partial charge is 0.372 e. The molecule has 0 spiro atoms. The Hall–Kier alpha value is -1.16. The second-order valence-electron chi connectivity index (χ2n) is 3.18. The summed E-state index contributed by atoms with van der Waals surface area (Å²) in [5.74, 6) is 0.808. The molecule has 1 rings (SSSR count). The fourth-order valence-corrected chi connectivity index (χ4v) is 0.921. The Bertz CT molecular complexity index is 260. The molecule has 0 aliphatic heterocycles. The Morgan fingerprint density at radius 1 is 1.38 bits per heavy atom. The molecule has 0 atom stereocenters. The van der Waals surface area contributed by atoms with Crippen LogP contribution in [0.2, 0.25) is 0 Å². The zero-order chi connectivity index (χ0) is 9.68. The summed E-state index contributed by atoms with van der Waals surface area (Å²) in [6.07, 6.45) is 3.48. The maximum atomic E-state index is 4.33. The summed E-state index contributed by atoms with van der Waals surface area (Å²) in [5.41, 5.74) is 0.959. The summed E-state index contributed by atoms with van der Waals surface area (Å²) in [5, 5.41) is 6.24. The second kappa shape index (κ2) is 4.77. The number of hydrogen-bond donors (Lipinski definition) is 2. The highest BCUT2D eigenvalue weighted by Crippen LogP contribution is 2.00. The van der Waals surface area contributed by atoms with Crippen molar-refractivity contribution in [2.75, 3.05) is 12.4 Å². The highest BCUT2D eigenvalue weighted by atomic mass is 15.0. The molecule has 13 heavy (non-hydrogen) atoms. The van der Waals surface area contributed by atoms with E-state index in [1.54, 1.807) is 12.4 Å². The van der Waals surface area contributed by atoms with Crippen LogP contribution in [-0.2, 0) is 6.54 Å². The van der Waals surface area contributed by atoms with Gasteiger partial charge >= 0.3 is 0 Å². The van der Waals surface area contributed by atoms with Crippen LogP contribution in [0, 0.1) is 0 Å². The van der Waals surface area contributed by atoms with Crippen molar-refractivity contribution in [1.29, 1.82) is 0 Å². The topological polar surface area (TPSA) is 49.8 Å². The molecular weight excluding hydrogens is 164 g/mol. The highest BCUT2D eigenvalue weighted by molar-refractivity contribution is 5.30. The van der Waals surface area contributed by atoms with Crippen molar-refractivity contribution in [3.8, 4) is 0 Å². The lowest BCUT2D eigenvalue weighted by atomic mass is 10.3. The predicted molar refractivity (Wildman–Crippen MR) is 53.6 cm³/mol. The van der Waals surface area contributed by atoms with E-state index in [4.69, 9.17) is 0 Å². The van der Waals surface area contributed by atoms with Gasteiger partial charge in [-0.05, 0) is 0 Å². The van der Waals surface area contributed by atoms with Crippen LogP contribution in [0.5, 0.6) is 0 Å². The number of aromatic nitrogens is 2. The minimum atomic E-state index is 0.472. The molecule has 2 N–H and O–H groups in total. The van der Waals surface area contributed by atoms with Crippen LogP contribution in [0.3, 0.4) is 0 Å². The van der Waals surface area contributed by atoms with Crippen LogP contribution in [0.25, 0.3) is 0 Å². The van der Waals surface area contributed by atoms with Gasteiger partial charge < -0.3 is 10.6 Å². The lowest BCUT2D eigenvalue weighted by Crippen LogP contribution is -2.22. The Morgan fingerprint density at radius 3 is 2.77 bits per heavy atom. The minimum absolute atomic E-state index is 0.472. The summed E-state index contributed by atoms with van der Waals surface area (Å²) < 4.78 is 0. The first-order chi connectivity index (χ1) is 6.22. The first-order valence-electron chi connectivity index (χ1n) is 4.44. The molecule has 1 aromatic rings. The van der Waals surface area contributed by atoms with Gasteiger partial charge in [0.25, 0.3) is 0 Å². The second-order valence-corrected chi connectivity index (χ2v) is 3.18. The lowest BCUT2D eigenvalue weighted by Gasteiger charge is -2.07. The van der Waals surface area contributed by atoms with Gasteiger partial charge in [-0.2, -0.15) is 0 Å². The maximum absolute atomic E-state index is 4.33. The summed E-state index contributed by atoms with van der Waals surface area (Å²) in [4.78, 5) is 8.40. The number of rotatable bonds is 4. The summed E-state index contributed by atoms with van der Waals surface area (Å²) in [6, 6.07) is 0.472. The van der Waals surface area contributed by atoms with Crippen molar-refractivity contribution < 1.29 is 0 Å². The molecule has 4 nitrogen and oxygen atoms in total. The van der Waals surface area contributed by atoms with Crippen molar-refractivity contribution in [3.63, 3.8) is 0 Å². The number of nitrogens with one attached hydrogen (secondary N) is 2. The number of nitrogens with zero attached hydrogens (tertiary/aromatic N) is 2. The van der Waals surface area contributed by atoms with Gasteiger partial charge in [0.1, 0.15) is 5.82 Å². The van der Waals surface area contributed by atoms with E-state index in [2.05, 4.69) is 34.4 Å². The molecule has 0 amide bonds. The normalized spacial score (nSPS) is 10.5. The summed E-state index contributed by atoms with van der Waals surface area (Å²) in [7, 11) is 1.84. The fourth-order valence-electron chi connectivity index (χ4n) is 0.921. The van der Waals surface area contributed by atoms with E-state index >= 15 is 0 Å². The van der Waals surface area contributed by atoms with Gasteiger partial charge in [-0.15, -0.1) is 0 Å². The molecule has 0 saturated carbocycles. The van der Waals surface area contributed by atoms with E-state index < -0.39 is 0 Å². The molecule has 0 aliphatic carbocycles. The van der Waals surface area contributed by atoms with Gasteiger partial charge in [-0.3, -0.25) is 4.98 Å². The Kier molecular flexibility index (Phi) is 3.64. The lowest BCUT2D eigenvalue weighted by molar-refractivity contribution is 0.580. The standard InChI is InChI=1S/C9H16N4/c1-7(2)12-5-8-4-11-6-9(10-3)13-8/h4,6-7,12H,5H2,1-3H3,(H,10,13). The Balaban J connectivity index is 2.56. The monoisotopic (exact) mass is 180 g/mol. The van der Waals surface area contributed by atoms with Crippen molar-refractivity contribution in [2.45, 2.75) is 26.4 Å². The zero-order valence-electron chi connectivity index (χ0n) is 8.33. The molecule has 1 heterocycles. The van der Waals surface area contributed by atoms with Crippen LogP contribution < -0.4 is 10.6 Å². The van der Waals surface area contributed by atoms with Gasteiger partial charge in [0.2, 0.25) is 0 Å². The van der Waals surface area contributed by atoms with Gasteiger partial charge in [-0.1, -0.05) is 13.8 Å². The van der Waals surface area contributed by atoms with Crippen LogP contribution in [0.4, 0.5) is 5.82 Å². The van der Waals surface area contributed by atoms with Crippen LogP contribution >= 0.6 is 0 Å². The first kappa shape index (κ1) is 9.92. The molecule has 0 unspecified atom stereocenters. The quantitative estimate of drug-likeness (QED) is 0.726. The molecular formula is C9H16N4. The molecule has 0 radical (unpaired) electrons. The SMILES string of the molecule is CNc1cncc(CNC(C)C)n1. The smallest absolute Gasteiger partial charge is 0.144 e. The zero-order valence-corrected chi connectivity index (χ0v) is 8.33. The fraction of sp³-hybridized carbons (Fsp3) is 0.556. The van der Waals surface area contributed by atoms with Crippen molar-refractivity contribution >= 4 is 5.82 Å². The average molecular weight is 180 g/mol. The summed E-state index contributed by atoms with van der Waals surface area (Å²) in [6.45, 7) is 4.98. The van der Waals surface area contributed by atoms with E-state index in [9.17, 15) is 0 Å². The molecule has 0 aromatic carbocycles. The van der Waals surface area contributed by atoms with Gasteiger partial charge in [0.15, 0.2) is 0 Å². The van der Waals surface area contributed by atoms with E-state index in [0.29, 0.717) is 6.04 Å². The third-order valence-corrected chi connectivity index (χ3v) is 1.63. The van der Waals surface area contributed by atoms with Crippen LogP contribution in [0.15, 0.2) is 12.4 Å². The third-order valence-electron chi connectivity index (χ3n) is 1.63. The third kappa shape index (κ3) is 3.38. The number of anilines is 1. The molecule has 0 bridgehead atoms. The number of hydrogen-bond acceptors (Lipinski definition) is 4. The van der Waals surface area contributed by atoms with Crippen LogP contribution in [0.1, 0.15) is 19.5 Å². The van der Waals surface area contributed by atoms with E-state index in [-0.39, 0.29) is 0 Å². The molecule has 1 aromatic heterocycles. The van der Waals surface area contributed by atoms with Crippen LogP contribution in [-0.4, -0.2) is 23.1 Å². The first-order valence-corrected chi connectivity index (χ1v) is 4.44. The summed E-state index contributed by atoms with van der Waals surface area (Å²) >= 11 is 0. The van der Waals surface area contributed by atoms with Gasteiger partial charge in [0.05, 0.1) is 11.9 Å². The predicted octanol–water partition coefficient (Wildman–Crippen LogP) is 1.02. The minimum Gasteiger partial charge on any atom is -0.372 e. The van der Waals surface area contributed by atoms with Crippen molar-refractivity contribution in [1.82, 2.24) is 15.3 Å². The molecule has 4 heteroatoms. The molecule has 0 saturated heterocycles. The Labute approximate surface area is 78.8 Å². The highest BCUT2D eigenvalue weighted by Gasteiger charge is 1.97. The average Bonchev–Trinajstić information content (AvgIpc) is 2.15. The van der Waals surface area contributed by atoms with Crippen molar-refractivity contribution in [3.05, 3.63) is 18.1 Å². The molecule has 0 aliphatic rings. The van der Waals surface area contributed by atoms with E-state index in [1.807, 2.05) is 7.05 Å². The van der Waals surface area contributed by atoms with E-state index in [0.717, 1.165) is 18.1 Å².